The number of aliphatic hydroxyl groups is 2. The van der Waals surface area contributed by atoms with Crippen molar-refractivity contribution in [2.45, 2.75) is 64.5 Å². The number of aliphatic imine (C=N–C) groups is 2. The van der Waals surface area contributed by atoms with Crippen LogP contribution in [0.15, 0.2) is 52.6 Å². The van der Waals surface area contributed by atoms with E-state index in [4.69, 9.17) is 4.74 Å². The van der Waals surface area contributed by atoms with Crippen LogP contribution < -0.4 is 10.6 Å². The minimum atomic E-state index is -1.03. The van der Waals surface area contributed by atoms with Gasteiger partial charge in [0.25, 0.3) is 5.91 Å². The van der Waals surface area contributed by atoms with Gasteiger partial charge in [-0.1, -0.05) is 35.9 Å². The third-order valence-electron chi connectivity index (χ3n) is 7.41. The van der Waals surface area contributed by atoms with Crippen LogP contribution >= 0.6 is 0 Å². The van der Waals surface area contributed by atoms with Crippen LogP contribution in [0.1, 0.15) is 59.9 Å². The monoisotopic (exact) mass is 536 g/mol. The third kappa shape index (κ3) is 6.83. The highest BCUT2D eigenvalue weighted by Gasteiger charge is 2.33. The predicted molar refractivity (Wildman–Crippen MR) is 153 cm³/mol. The number of fused-ring (bicyclic) bond motifs is 1. The number of aryl methyl sites for hydroxylation is 1. The average molecular weight is 537 g/mol. The number of rotatable bonds is 9. The highest BCUT2D eigenvalue weighted by Crippen LogP contribution is 2.25. The fraction of sp³-hybridized carbons (Fsp3) is 0.483. The highest BCUT2D eigenvalue weighted by molar-refractivity contribution is 5.95. The summed E-state index contributed by atoms with van der Waals surface area (Å²) in [6.45, 7) is 11.6. The Labute approximate surface area is 230 Å². The summed E-state index contributed by atoms with van der Waals surface area (Å²) in [7, 11) is 0. The van der Waals surface area contributed by atoms with Gasteiger partial charge in [0.1, 0.15) is 11.9 Å². The number of hydrogen-bond acceptors (Lipinski definition) is 6. The molecule has 4 N–H and O–H groups in total. The number of aliphatic hydroxyl groups excluding tert-OH is 2. The first-order valence-electron chi connectivity index (χ1n) is 13.5. The standard InChI is InChI=1S/C29H40N6O4/c1-5-24(33-29(30-4)31-23-9-13-39-14-10-23)22-16-26-28(38)35(12-11-34(26)17-22)20(3)27(37)32-25(18-36)21-8-6-7-19(2)15-21/h5-8,15-17,20,23,25,27,32,36-37H,4,9-14,18H2,1-3H3,(H,31,33)/b24-5-/t20-,25-,27?/m1/s1. The highest BCUT2D eigenvalue weighted by atomic mass is 16.5. The average Bonchev–Trinajstić information content (AvgIpc) is 3.39. The number of carbonyl (C=O) groups is 1. The molecule has 1 amide bonds. The molecule has 10 heteroatoms. The molecule has 1 aromatic carbocycles. The van der Waals surface area contributed by atoms with Gasteiger partial charge in [-0.15, -0.1) is 0 Å². The number of hydrogen-bond donors (Lipinski definition) is 4. The van der Waals surface area contributed by atoms with E-state index in [-0.39, 0.29) is 18.6 Å². The number of nitrogens with zero attached hydrogens (tertiary/aromatic N) is 4. The molecule has 2 aromatic rings. The van der Waals surface area contributed by atoms with Crippen molar-refractivity contribution in [3.8, 4) is 0 Å². The number of amides is 1. The number of guanidine groups is 1. The van der Waals surface area contributed by atoms with Crippen molar-refractivity contribution >= 4 is 24.3 Å². The first-order chi connectivity index (χ1) is 18.8. The first kappa shape index (κ1) is 28.7. The Morgan fingerprint density at radius 1 is 1.28 bits per heavy atom. The summed E-state index contributed by atoms with van der Waals surface area (Å²) in [5.74, 6) is 0.278. The van der Waals surface area contributed by atoms with Crippen LogP contribution in [0.3, 0.4) is 0 Å². The van der Waals surface area contributed by atoms with Crippen molar-refractivity contribution in [1.29, 1.82) is 0 Å². The number of allylic oxidation sites excluding steroid dienone is 1. The second kappa shape index (κ2) is 13.2. The zero-order valence-electron chi connectivity index (χ0n) is 23.0. The van der Waals surface area contributed by atoms with Crippen molar-refractivity contribution in [1.82, 2.24) is 20.1 Å². The Hall–Kier alpha value is -3.31. The maximum Gasteiger partial charge on any atom is 0.270 e. The summed E-state index contributed by atoms with van der Waals surface area (Å²) in [5.41, 5.74) is 3.98. The Morgan fingerprint density at radius 2 is 2.05 bits per heavy atom. The van der Waals surface area contributed by atoms with Crippen molar-refractivity contribution in [3.63, 3.8) is 0 Å². The van der Waals surface area contributed by atoms with E-state index in [1.165, 1.54) is 0 Å². The number of aromatic nitrogens is 1. The largest absolute Gasteiger partial charge is 0.394 e. The molecule has 4 rings (SSSR count). The predicted octanol–water partition coefficient (Wildman–Crippen LogP) is 2.47. The van der Waals surface area contributed by atoms with Gasteiger partial charge in [-0.3, -0.25) is 10.1 Å². The second-order valence-corrected chi connectivity index (χ2v) is 10.1. The van der Waals surface area contributed by atoms with Crippen molar-refractivity contribution in [2.75, 3.05) is 26.4 Å². The van der Waals surface area contributed by atoms with Gasteiger partial charge >= 0.3 is 0 Å². The molecule has 1 aromatic heterocycles. The third-order valence-corrected chi connectivity index (χ3v) is 7.41. The fourth-order valence-electron chi connectivity index (χ4n) is 5.07. The van der Waals surface area contributed by atoms with Gasteiger partial charge < -0.3 is 29.7 Å². The Morgan fingerprint density at radius 3 is 2.72 bits per heavy atom. The molecule has 2 aliphatic rings. The zero-order valence-corrected chi connectivity index (χ0v) is 23.0. The van der Waals surface area contributed by atoms with E-state index in [9.17, 15) is 15.0 Å². The molecular formula is C29H40N6O4. The molecule has 1 saturated heterocycles. The Balaban J connectivity index is 1.46. The van der Waals surface area contributed by atoms with Gasteiger partial charge in [0.05, 0.1) is 24.4 Å². The van der Waals surface area contributed by atoms with Crippen LogP contribution in [0.5, 0.6) is 0 Å². The van der Waals surface area contributed by atoms with Crippen LogP contribution in [-0.4, -0.2) is 82.9 Å². The summed E-state index contributed by atoms with van der Waals surface area (Å²) in [6, 6.07) is 8.89. The van der Waals surface area contributed by atoms with Crippen LogP contribution in [0, 0.1) is 6.92 Å². The van der Waals surface area contributed by atoms with Crippen LogP contribution in [0.25, 0.3) is 5.70 Å². The van der Waals surface area contributed by atoms with Gasteiger partial charge in [-0.05, 0) is 52.0 Å². The maximum absolute atomic E-state index is 13.5. The summed E-state index contributed by atoms with van der Waals surface area (Å²) in [5, 5.41) is 27.4. The summed E-state index contributed by atoms with van der Waals surface area (Å²) in [6.07, 6.45) is 4.55. The van der Waals surface area contributed by atoms with E-state index in [2.05, 4.69) is 27.3 Å². The molecule has 0 radical (unpaired) electrons. The Kier molecular flexibility index (Phi) is 9.68. The zero-order chi connectivity index (χ0) is 27.9. The molecule has 1 fully saturated rings. The van der Waals surface area contributed by atoms with Gasteiger partial charge in [0.2, 0.25) is 5.96 Å². The molecule has 0 aliphatic carbocycles. The molecule has 39 heavy (non-hydrogen) atoms. The lowest BCUT2D eigenvalue weighted by molar-refractivity contribution is 0.0137. The molecule has 3 atom stereocenters. The first-order valence-corrected chi connectivity index (χ1v) is 13.5. The fourth-order valence-corrected chi connectivity index (χ4v) is 5.07. The summed E-state index contributed by atoms with van der Waals surface area (Å²) >= 11 is 0. The smallest absolute Gasteiger partial charge is 0.270 e. The minimum absolute atomic E-state index is 0.168. The van der Waals surface area contributed by atoms with Gasteiger partial charge in [0, 0.05) is 44.1 Å². The maximum atomic E-state index is 13.5. The van der Waals surface area contributed by atoms with E-state index >= 15 is 0 Å². The molecule has 0 spiro atoms. The van der Waals surface area contributed by atoms with E-state index in [1.807, 2.05) is 67.9 Å². The van der Waals surface area contributed by atoms with Gasteiger partial charge in [-0.2, -0.15) is 0 Å². The number of benzene rings is 1. The number of nitrogens with one attached hydrogen (secondary N) is 2. The molecule has 0 saturated carbocycles. The van der Waals surface area contributed by atoms with E-state index in [0.29, 0.717) is 43.7 Å². The summed E-state index contributed by atoms with van der Waals surface area (Å²) in [4.78, 5) is 23.9. The lowest BCUT2D eigenvalue weighted by atomic mass is 10.0. The molecule has 0 bridgehead atoms. The van der Waals surface area contributed by atoms with Gasteiger partial charge in [-0.25, -0.2) is 9.98 Å². The van der Waals surface area contributed by atoms with Crippen LogP contribution in [0.4, 0.5) is 0 Å². The van der Waals surface area contributed by atoms with E-state index < -0.39 is 18.3 Å². The topological polar surface area (TPSA) is 124 Å². The number of ether oxygens (including phenoxy) is 1. The SMILES string of the molecule is C=N/C(=N\C(=C/C)c1cc2n(c1)CCN([C@H](C)C(O)N[C@H](CO)c1cccc(C)c1)C2=O)NC1CCOCC1. The van der Waals surface area contributed by atoms with Crippen molar-refractivity contribution < 1.29 is 19.7 Å². The lowest BCUT2D eigenvalue weighted by Crippen LogP contribution is -2.54. The van der Waals surface area contributed by atoms with E-state index in [0.717, 1.165) is 29.5 Å². The minimum Gasteiger partial charge on any atom is -0.394 e. The number of carbonyl (C=O) groups excluding carboxylic acids is 1. The Bertz CT molecular complexity index is 1220. The molecule has 1 unspecified atom stereocenters. The molecule has 2 aliphatic heterocycles. The molecule has 3 heterocycles. The lowest BCUT2D eigenvalue weighted by Gasteiger charge is -2.37. The quantitative estimate of drug-likeness (QED) is 0.222. The molecule has 210 valence electrons. The second-order valence-electron chi connectivity index (χ2n) is 10.1. The molecule has 10 nitrogen and oxygen atoms in total. The van der Waals surface area contributed by atoms with Crippen LogP contribution in [0.2, 0.25) is 0 Å². The van der Waals surface area contributed by atoms with Crippen LogP contribution in [-0.2, 0) is 11.3 Å². The van der Waals surface area contributed by atoms with Crippen molar-refractivity contribution in [3.05, 3.63) is 65.0 Å². The van der Waals surface area contributed by atoms with Gasteiger partial charge in [0.15, 0.2) is 0 Å². The summed E-state index contributed by atoms with van der Waals surface area (Å²) < 4.78 is 7.35. The molecular weight excluding hydrogens is 496 g/mol. The van der Waals surface area contributed by atoms with Crippen molar-refractivity contribution in [2.24, 2.45) is 9.98 Å². The van der Waals surface area contributed by atoms with E-state index in [1.54, 1.807) is 4.90 Å². The normalized spacial score (nSPS) is 19.4.